The van der Waals surface area contributed by atoms with Crippen LogP contribution in [-0.4, -0.2) is 26.3 Å². The maximum Gasteiger partial charge on any atom is 0.327 e. The smallest absolute Gasteiger partial charge is 0.327 e. The zero-order valence-corrected chi connectivity index (χ0v) is 9.39. The van der Waals surface area contributed by atoms with Crippen LogP contribution in [0.4, 0.5) is 0 Å². The van der Waals surface area contributed by atoms with Gasteiger partial charge < -0.3 is 15.2 Å². The van der Waals surface area contributed by atoms with Crippen molar-refractivity contribution < 1.29 is 14.3 Å². The van der Waals surface area contributed by atoms with Crippen molar-refractivity contribution in [1.29, 1.82) is 0 Å². The molecule has 1 aromatic carbocycles. The van der Waals surface area contributed by atoms with Gasteiger partial charge in [-0.15, -0.1) is 0 Å². The molecular weight excluding hydrogens is 206 g/mol. The number of ether oxygens (including phenoxy) is 2. The molecule has 0 fully saturated rings. The molecule has 1 rings (SSSR count). The van der Waals surface area contributed by atoms with E-state index in [4.69, 9.17) is 15.2 Å². The lowest BCUT2D eigenvalue weighted by Crippen LogP contribution is -2.24. The molecule has 1 unspecified atom stereocenters. The first kappa shape index (κ1) is 12.7. The highest BCUT2D eigenvalue weighted by molar-refractivity contribution is 5.77. The molecule has 0 spiro atoms. The number of carbonyl (C=O) groups excluding carboxylic acids is 1. The Labute approximate surface area is 95.3 Å². The summed E-state index contributed by atoms with van der Waals surface area (Å²) in [5.41, 5.74) is 6.51. The second kappa shape index (κ2) is 6.98. The van der Waals surface area contributed by atoms with Crippen LogP contribution in [0.1, 0.15) is 18.0 Å². The zero-order chi connectivity index (χ0) is 11.8. The predicted molar refractivity (Wildman–Crippen MR) is 60.8 cm³/mol. The molecule has 4 nitrogen and oxygen atoms in total. The molecule has 88 valence electrons. The molecule has 0 radical (unpaired) electrons. The van der Waals surface area contributed by atoms with Crippen LogP contribution < -0.4 is 5.73 Å². The third-order valence-corrected chi connectivity index (χ3v) is 2.15. The van der Waals surface area contributed by atoms with Gasteiger partial charge in [0.1, 0.15) is 6.04 Å². The highest BCUT2D eigenvalue weighted by Gasteiger charge is 2.16. The van der Waals surface area contributed by atoms with Crippen LogP contribution in [0.15, 0.2) is 30.3 Å². The monoisotopic (exact) mass is 223 g/mol. The van der Waals surface area contributed by atoms with Crippen molar-refractivity contribution in [3.63, 3.8) is 0 Å². The van der Waals surface area contributed by atoms with E-state index in [0.717, 1.165) is 5.56 Å². The molecule has 0 amide bonds. The number of carbonyl (C=O) groups is 1. The maximum absolute atomic E-state index is 11.5. The van der Waals surface area contributed by atoms with Crippen LogP contribution in [0.25, 0.3) is 0 Å². The maximum atomic E-state index is 11.5. The third kappa shape index (κ3) is 4.00. The second-order valence-electron chi connectivity index (χ2n) is 3.40. The number of esters is 1. The molecule has 0 aliphatic rings. The van der Waals surface area contributed by atoms with E-state index in [1.54, 1.807) is 19.2 Å². The number of hydrogen-bond donors (Lipinski definition) is 1. The molecular formula is C12H17NO3. The van der Waals surface area contributed by atoms with Crippen LogP contribution >= 0.6 is 0 Å². The number of benzene rings is 1. The molecule has 1 atom stereocenters. The first-order valence-electron chi connectivity index (χ1n) is 5.22. The van der Waals surface area contributed by atoms with E-state index in [9.17, 15) is 4.79 Å². The van der Waals surface area contributed by atoms with Crippen molar-refractivity contribution in [3.8, 4) is 0 Å². The Hall–Kier alpha value is -1.39. The van der Waals surface area contributed by atoms with Crippen LogP contribution in [0, 0.1) is 0 Å². The van der Waals surface area contributed by atoms with Crippen LogP contribution in [-0.2, 0) is 14.3 Å². The zero-order valence-electron chi connectivity index (χ0n) is 9.39. The fourth-order valence-electron chi connectivity index (χ4n) is 1.26. The summed E-state index contributed by atoms with van der Waals surface area (Å²) in [6, 6.07) is 8.46. The van der Waals surface area contributed by atoms with Gasteiger partial charge in [-0.05, 0) is 5.56 Å². The van der Waals surface area contributed by atoms with Gasteiger partial charge in [0, 0.05) is 20.1 Å². The summed E-state index contributed by atoms with van der Waals surface area (Å²) in [5.74, 6) is -0.401. The molecule has 0 saturated carbocycles. The molecule has 0 aromatic heterocycles. The quantitative estimate of drug-likeness (QED) is 0.582. The fraction of sp³-hybridized carbons (Fsp3) is 0.417. The molecule has 0 heterocycles. The number of hydrogen-bond acceptors (Lipinski definition) is 4. The van der Waals surface area contributed by atoms with E-state index < -0.39 is 12.0 Å². The van der Waals surface area contributed by atoms with Gasteiger partial charge >= 0.3 is 5.97 Å². The summed E-state index contributed by atoms with van der Waals surface area (Å²) in [6.45, 7) is 0.918. The average Bonchev–Trinajstić information content (AvgIpc) is 2.34. The summed E-state index contributed by atoms with van der Waals surface area (Å²) in [6.07, 6.45) is 0.684. The minimum Gasteiger partial charge on any atom is -0.464 e. The lowest BCUT2D eigenvalue weighted by atomic mass is 10.1. The normalized spacial score (nSPS) is 12.1. The standard InChI is InChI=1S/C12H17NO3/c1-15-8-5-9-16-12(14)11(13)10-6-3-2-4-7-10/h2-4,6-7,11H,5,8-9,13H2,1H3. The summed E-state index contributed by atoms with van der Waals surface area (Å²) in [7, 11) is 1.61. The van der Waals surface area contributed by atoms with E-state index >= 15 is 0 Å². The predicted octanol–water partition coefficient (Wildman–Crippen LogP) is 1.27. The second-order valence-corrected chi connectivity index (χ2v) is 3.40. The van der Waals surface area contributed by atoms with Crippen molar-refractivity contribution >= 4 is 5.97 Å². The topological polar surface area (TPSA) is 61.5 Å². The lowest BCUT2D eigenvalue weighted by molar-refractivity contribution is -0.145. The van der Waals surface area contributed by atoms with E-state index in [1.165, 1.54) is 0 Å². The van der Waals surface area contributed by atoms with E-state index in [0.29, 0.717) is 19.6 Å². The van der Waals surface area contributed by atoms with Gasteiger partial charge in [0.05, 0.1) is 6.61 Å². The van der Waals surface area contributed by atoms with Crippen molar-refractivity contribution in [1.82, 2.24) is 0 Å². The Balaban J connectivity index is 2.37. The summed E-state index contributed by atoms with van der Waals surface area (Å²) < 4.78 is 9.86. The fourth-order valence-corrected chi connectivity index (χ4v) is 1.26. The van der Waals surface area contributed by atoms with Gasteiger partial charge in [-0.3, -0.25) is 0 Å². The Bertz CT molecular complexity index is 313. The van der Waals surface area contributed by atoms with Crippen molar-refractivity contribution in [2.75, 3.05) is 20.3 Å². The molecule has 0 bridgehead atoms. The lowest BCUT2D eigenvalue weighted by Gasteiger charge is -2.11. The molecule has 2 N–H and O–H groups in total. The minimum atomic E-state index is -0.705. The molecule has 0 aliphatic heterocycles. The molecule has 1 aromatic rings. The average molecular weight is 223 g/mol. The van der Waals surface area contributed by atoms with Crippen molar-refractivity contribution in [2.24, 2.45) is 5.73 Å². The Morgan fingerprint density at radius 3 is 2.62 bits per heavy atom. The van der Waals surface area contributed by atoms with Crippen LogP contribution in [0.3, 0.4) is 0 Å². The van der Waals surface area contributed by atoms with Crippen LogP contribution in [0.5, 0.6) is 0 Å². The first-order valence-corrected chi connectivity index (χ1v) is 5.22. The largest absolute Gasteiger partial charge is 0.464 e. The highest BCUT2D eigenvalue weighted by atomic mass is 16.5. The van der Waals surface area contributed by atoms with Crippen molar-refractivity contribution in [2.45, 2.75) is 12.5 Å². The Morgan fingerprint density at radius 2 is 2.00 bits per heavy atom. The van der Waals surface area contributed by atoms with Gasteiger partial charge in [-0.1, -0.05) is 30.3 Å². The molecule has 0 aliphatic carbocycles. The Kier molecular flexibility index (Phi) is 5.53. The van der Waals surface area contributed by atoms with Gasteiger partial charge in [-0.2, -0.15) is 0 Å². The third-order valence-electron chi connectivity index (χ3n) is 2.15. The molecule has 4 heteroatoms. The number of rotatable bonds is 6. The van der Waals surface area contributed by atoms with Gasteiger partial charge in [-0.25, -0.2) is 4.79 Å². The summed E-state index contributed by atoms with van der Waals surface area (Å²) in [4.78, 5) is 11.5. The number of methoxy groups -OCH3 is 1. The van der Waals surface area contributed by atoms with Crippen LogP contribution in [0.2, 0.25) is 0 Å². The first-order chi connectivity index (χ1) is 7.75. The summed E-state index contributed by atoms with van der Waals surface area (Å²) in [5, 5.41) is 0. The van der Waals surface area contributed by atoms with E-state index in [-0.39, 0.29) is 0 Å². The van der Waals surface area contributed by atoms with Gasteiger partial charge in [0.25, 0.3) is 0 Å². The molecule has 0 saturated heterocycles. The SMILES string of the molecule is COCCCOC(=O)C(N)c1ccccc1. The van der Waals surface area contributed by atoms with E-state index in [2.05, 4.69) is 0 Å². The highest BCUT2D eigenvalue weighted by Crippen LogP contribution is 2.10. The summed E-state index contributed by atoms with van der Waals surface area (Å²) >= 11 is 0. The van der Waals surface area contributed by atoms with Gasteiger partial charge in [0.15, 0.2) is 0 Å². The van der Waals surface area contributed by atoms with Crippen molar-refractivity contribution in [3.05, 3.63) is 35.9 Å². The van der Waals surface area contributed by atoms with E-state index in [1.807, 2.05) is 18.2 Å². The molecule has 16 heavy (non-hydrogen) atoms. The number of nitrogens with two attached hydrogens (primary N) is 1. The minimum absolute atomic E-state index is 0.340. The van der Waals surface area contributed by atoms with Gasteiger partial charge in [0.2, 0.25) is 0 Å². The Morgan fingerprint density at radius 1 is 1.31 bits per heavy atom.